The molecule has 196 valence electrons. The van der Waals surface area contributed by atoms with Gasteiger partial charge < -0.3 is 10.2 Å². The van der Waals surface area contributed by atoms with Gasteiger partial charge in [0.15, 0.2) is 0 Å². The molecule has 2 aromatic carbocycles. The standard InChI is InChI=1S/C27H36BrN3O4S/c1-4-21-13-15-25(16-14-21)31(36(3,34)35)19-26(32)30(18-22-9-8-10-23(28)17-22)20(2)27(33)29-24-11-6-5-7-12-24/h8-10,13-17,20,24H,4-7,11-12,18-19H2,1-3H3,(H,29,33)/t20-/m0/s1. The molecule has 7 nitrogen and oxygen atoms in total. The normalized spacial score (nSPS) is 15.2. The van der Waals surface area contributed by atoms with Crippen molar-refractivity contribution >= 4 is 43.5 Å². The van der Waals surface area contributed by atoms with Gasteiger partial charge in [-0.15, -0.1) is 0 Å². The van der Waals surface area contributed by atoms with Gasteiger partial charge in [-0.2, -0.15) is 0 Å². The van der Waals surface area contributed by atoms with E-state index in [4.69, 9.17) is 0 Å². The van der Waals surface area contributed by atoms with Gasteiger partial charge in [0.1, 0.15) is 12.6 Å². The molecule has 36 heavy (non-hydrogen) atoms. The predicted octanol–water partition coefficient (Wildman–Crippen LogP) is 4.64. The Morgan fingerprint density at radius 3 is 2.31 bits per heavy atom. The lowest BCUT2D eigenvalue weighted by Crippen LogP contribution is -2.52. The molecule has 1 saturated carbocycles. The highest BCUT2D eigenvalue weighted by molar-refractivity contribution is 9.10. The summed E-state index contributed by atoms with van der Waals surface area (Å²) in [5.74, 6) is -0.658. The van der Waals surface area contributed by atoms with Gasteiger partial charge in [-0.25, -0.2) is 8.42 Å². The summed E-state index contributed by atoms with van der Waals surface area (Å²) in [4.78, 5) is 28.3. The van der Waals surface area contributed by atoms with E-state index in [2.05, 4.69) is 21.2 Å². The van der Waals surface area contributed by atoms with Crippen molar-refractivity contribution in [2.75, 3.05) is 17.1 Å². The Bertz CT molecular complexity index is 1150. The lowest BCUT2D eigenvalue weighted by molar-refractivity contribution is -0.139. The number of carbonyl (C=O) groups excluding carboxylic acids is 2. The molecule has 3 rings (SSSR count). The van der Waals surface area contributed by atoms with Gasteiger partial charge in [-0.1, -0.05) is 66.4 Å². The second-order valence-electron chi connectivity index (χ2n) is 9.46. The van der Waals surface area contributed by atoms with Crippen molar-refractivity contribution in [2.45, 2.75) is 71.0 Å². The second kappa shape index (κ2) is 12.7. The molecule has 0 aliphatic heterocycles. The van der Waals surface area contributed by atoms with Gasteiger partial charge in [-0.05, 0) is 61.6 Å². The number of halogens is 1. The van der Waals surface area contributed by atoms with Gasteiger partial charge in [0, 0.05) is 17.1 Å². The average Bonchev–Trinajstić information content (AvgIpc) is 2.85. The van der Waals surface area contributed by atoms with E-state index >= 15 is 0 Å². The summed E-state index contributed by atoms with van der Waals surface area (Å²) in [6.45, 7) is 3.52. The molecule has 0 aromatic heterocycles. The maximum atomic E-state index is 13.7. The fourth-order valence-corrected chi connectivity index (χ4v) is 5.79. The molecule has 9 heteroatoms. The Labute approximate surface area is 223 Å². The monoisotopic (exact) mass is 577 g/mol. The SMILES string of the molecule is CCc1ccc(N(CC(=O)N(Cc2cccc(Br)c2)[C@@H](C)C(=O)NC2CCCCC2)S(C)(=O)=O)cc1. The Morgan fingerprint density at radius 1 is 1.06 bits per heavy atom. The number of sulfonamides is 1. The van der Waals surface area contributed by atoms with E-state index in [0.717, 1.165) is 58.3 Å². The van der Waals surface area contributed by atoms with Crippen molar-refractivity contribution in [1.82, 2.24) is 10.2 Å². The summed E-state index contributed by atoms with van der Waals surface area (Å²) in [5, 5.41) is 3.11. The van der Waals surface area contributed by atoms with Crippen LogP contribution in [0.3, 0.4) is 0 Å². The van der Waals surface area contributed by atoms with Crippen LogP contribution in [0.1, 0.15) is 57.1 Å². The molecule has 1 aliphatic rings. The molecule has 0 spiro atoms. The van der Waals surface area contributed by atoms with Crippen molar-refractivity contribution in [1.29, 1.82) is 0 Å². The highest BCUT2D eigenvalue weighted by atomic mass is 79.9. The summed E-state index contributed by atoms with van der Waals surface area (Å²) in [5.41, 5.74) is 2.33. The molecule has 1 N–H and O–H groups in total. The van der Waals surface area contributed by atoms with Gasteiger partial charge >= 0.3 is 0 Å². The number of carbonyl (C=O) groups is 2. The molecule has 1 atom stereocenters. The maximum absolute atomic E-state index is 13.7. The van der Waals surface area contributed by atoms with Crippen LogP contribution in [-0.2, 0) is 32.6 Å². The number of benzene rings is 2. The van der Waals surface area contributed by atoms with E-state index in [1.165, 1.54) is 11.3 Å². The molecule has 0 unspecified atom stereocenters. The van der Waals surface area contributed by atoms with Crippen LogP contribution >= 0.6 is 15.9 Å². The first-order valence-corrected chi connectivity index (χ1v) is 15.1. The summed E-state index contributed by atoms with van der Waals surface area (Å²) in [7, 11) is -3.74. The summed E-state index contributed by atoms with van der Waals surface area (Å²) in [6, 6.07) is 14.0. The fourth-order valence-electron chi connectivity index (χ4n) is 4.49. The molecule has 1 fully saturated rings. The van der Waals surface area contributed by atoms with Crippen LogP contribution in [-0.4, -0.2) is 50.0 Å². The molecule has 2 aromatic rings. The maximum Gasteiger partial charge on any atom is 0.244 e. The molecule has 0 radical (unpaired) electrons. The van der Waals surface area contributed by atoms with Crippen molar-refractivity contribution in [2.24, 2.45) is 0 Å². The van der Waals surface area contributed by atoms with Crippen LogP contribution in [0, 0.1) is 0 Å². The van der Waals surface area contributed by atoms with Gasteiger partial charge in [0.25, 0.3) is 0 Å². The number of nitrogens with zero attached hydrogens (tertiary/aromatic N) is 2. The topological polar surface area (TPSA) is 86.8 Å². The molecule has 0 bridgehead atoms. The van der Waals surface area contributed by atoms with Gasteiger partial charge in [0.2, 0.25) is 21.8 Å². The van der Waals surface area contributed by atoms with Crippen LogP contribution in [0.15, 0.2) is 53.0 Å². The average molecular weight is 579 g/mol. The van der Waals surface area contributed by atoms with Crippen LogP contribution < -0.4 is 9.62 Å². The fraction of sp³-hybridized carbons (Fsp3) is 0.481. The van der Waals surface area contributed by atoms with E-state index < -0.39 is 22.0 Å². The first-order valence-electron chi connectivity index (χ1n) is 12.5. The van der Waals surface area contributed by atoms with E-state index in [9.17, 15) is 18.0 Å². The van der Waals surface area contributed by atoms with E-state index in [1.807, 2.05) is 43.3 Å². The van der Waals surface area contributed by atoms with E-state index in [-0.39, 0.29) is 25.0 Å². The van der Waals surface area contributed by atoms with E-state index in [1.54, 1.807) is 19.1 Å². The first kappa shape index (κ1) is 28.2. The van der Waals surface area contributed by atoms with E-state index in [0.29, 0.717) is 5.69 Å². The number of hydrogen-bond acceptors (Lipinski definition) is 4. The Kier molecular flexibility index (Phi) is 9.96. The zero-order valence-corrected chi connectivity index (χ0v) is 23.6. The highest BCUT2D eigenvalue weighted by Crippen LogP contribution is 2.22. The number of anilines is 1. The summed E-state index contributed by atoms with van der Waals surface area (Å²) < 4.78 is 27.3. The lowest BCUT2D eigenvalue weighted by Gasteiger charge is -2.33. The number of rotatable bonds is 10. The van der Waals surface area contributed by atoms with Crippen LogP contribution in [0.25, 0.3) is 0 Å². The van der Waals surface area contributed by atoms with Crippen molar-refractivity contribution in [3.8, 4) is 0 Å². The predicted molar refractivity (Wildman–Crippen MR) is 147 cm³/mol. The zero-order chi connectivity index (χ0) is 26.3. The lowest BCUT2D eigenvalue weighted by atomic mass is 9.95. The summed E-state index contributed by atoms with van der Waals surface area (Å²) in [6.07, 6.45) is 7.13. The Hall–Kier alpha value is -2.39. The largest absolute Gasteiger partial charge is 0.352 e. The zero-order valence-electron chi connectivity index (χ0n) is 21.2. The van der Waals surface area contributed by atoms with Gasteiger partial charge in [-0.3, -0.25) is 13.9 Å². The molecular formula is C27H36BrN3O4S. The van der Waals surface area contributed by atoms with Crippen LogP contribution in [0.4, 0.5) is 5.69 Å². The number of hydrogen-bond donors (Lipinski definition) is 1. The molecule has 0 heterocycles. The number of aryl methyl sites for hydroxylation is 1. The smallest absolute Gasteiger partial charge is 0.244 e. The second-order valence-corrected chi connectivity index (χ2v) is 12.3. The van der Waals surface area contributed by atoms with Crippen molar-refractivity contribution in [3.05, 3.63) is 64.1 Å². The quantitative estimate of drug-likeness (QED) is 0.445. The third-order valence-corrected chi connectivity index (χ3v) is 8.31. The van der Waals surface area contributed by atoms with Crippen LogP contribution in [0.5, 0.6) is 0 Å². The van der Waals surface area contributed by atoms with Gasteiger partial charge in [0.05, 0.1) is 11.9 Å². The highest BCUT2D eigenvalue weighted by Gasteiger charge is 2.31. The molecule has 0 saturated heterocycles. The molecule has 1 aliphatic carbocycles. The third kappa shape index (κ3) is 7.80. The Balaban J connectivity index is 1.86. The number of amides is 2. The molecular weight excluding hydrogens is 542 g/mol. The minimum Gasteiger partial charge on any atom is -0.352 e. The minimum atomic E-state index is -3.74. The van der Waals surface area contributed by atoms with Crippen molar-refractivity contribution in [3.63, 3.8) is 0 Å². The number of nitrogens with one attached hydrogen (secondary N) is 1. The minimum absolute atomic E-state index is 0.112. The Morgan fingerprint density at radius 2 is 1.72 bits per heavy atom. The molecule has 2 amide bonds. The van der Waals surface area contributed by atoms with Crippen molar-refractivity contribution < 1.29 is 18.0 Å². The van der Waals surface area contributed by atoms with Crippen LogP contribution in [0.2, 0.25) is 0 Å². The first-order chi connectivity index (χ1) is 17.1. The summed E-state index contributed by atoms with van der Waals surface area (Å²) >= 11 is 3.46. The third-order valence-electron chi connectivity index (χ3n) is 6.67.